The average Bonchev–Trinajstić information content (AvgIpc) is 2.45. The fourth-order valence-electron chi connectivity index (χ4n) is 3.06. The second-order valence-electron chi connectivity index (χ2n) is 5.71. The molecular weight excluding hydrogens is 255 g/mol. The van der Waals surface area contributed by atoms with Gasteiger partial charge in [0.1, 0.15) is 5.82 Å². The number of benzene rings is 1. The molecule has 112 valence electrons. The molecule has 2 rings (SSSR count). The van der Waals surface area contributed by atoms with Gasteiger partial charge in [0.25, 0.3) is 0 Å². The van der Waals surface area contributed by atoms with Gasteiger partial charge >= 0.3 is 0 Å². The van der Waals surface area contributed by atoms with Gasteiger partial charge in [0.15, 0.2) is 0 Å². The lowest BCUT2D eigenvalue weighted by molar-refractivity contribution is 0.0802. The maximum atomic E-state index is 14.1. The van der Waals surface area contributed by atoms with Crippen LogP contribution in [0.3, 0.4) is 0 Å². The molecule has 1 saturated heterocycles. The van der Waals surface area contributed by atoms with E-state index >= 15 is 0 Å². The van der Waals surface area contributed by atoms with Crippen LogP contribution < -0.4 is 5.73 Å². The van der Waals surface area contributed by atoms with E-state index in [4.69, 9.17) is 10.5 Å². The molecule has 0 radical (unpaired) electrons. The summed E-state index contributed by atoms with van der Waals surface area (Å²) in [5.41, 5.74) is 7.73. The van der Waals surface area contributed by atoms with Crippen molar-refractivity contribution in [3.63, 3.8) is 0 Å². The van der Waals surface area contributed by atoms with Gasteiger partial charge in [0.2, 0.25) is 0 Å². The molecule has 0 amide bonds. The lowest BCUT2D eigenvalue weighted by Crippen LogP contribution is -2.41. The highest BCUT2D eigenvalue weighted by Gasteiger charge is 2.26. The molecule has 1 fully saturated rings. The van der Waals surface area contributed by atoms with E-state index in [1.807, 2.05) is 13.0 Å². The second-order valence-corrected chi connectivity index (χ2v) is 5.71. The summed E-state index contributed by atoms with van der Waals surface area (Å²) in [4.78, 5) is 2.31. The minimum atomic E-state index is -0.148. The van der Waals surface area contributed by atoms with Gasteiger partial charge in [-0.2, -0.15) is 0 Å². The van der Waals surface area contributed by atoms with Crippen LogP contribution in [0.4, 0.5) is 4.39 Å². The van der Waals surface area contributed by atoms with Crippen molar-refractivity contribution >= 4 is 0 Å². The Morgan fingerprint density at radius 1 is 1.40 bits per heavy atom. The summed E-state index contributed by atoms with van der Waals surface area (Å²) in [5, 5.41) is 0. The van der Waals surface area contributed by atoms with E-state index in [1.54, 1.807) is 19.2 Å². The van der Waals surface area contributed by atoms with Crippen molar-refractivity contribution in [3.8, 4) is 0 Å². The fraction of sp³-hybridized carbons (Fsp3) is 0.625. The number of nitrogens with zero attached hydrogens (tertiary/aromatic N) is 1. The Morgan fingerprint density at radius 3 is 2.70 bits per heavy atom. The molecule has 2 N–H and O–H groups in total. The van der Waals surface area contributed by atoms with Gasteiger partial charge in [-0.3, -0.25) is 4.90 Å². The van der Waals surface area contributed by atoms with Gasteiger partial charge < -0.3 is 10.5 Å². The van der Waals surface area contributed by atoms with Crippen LogP contribution in [0.5, 0.6) is 0 Å². The maximum absolute atomic E-state index is 14.1. The summed E-state index contributed by atoms with van der Waals surface area (Å²) in [6.07, 6.45) is 2.19. The first-order valence-corrected chi connectivity index (χ1v) is 7.34. The first-order chi connectivity index (χ1) is 9.65. The summed E-state index contributed by atoms with van der Waals surface area (Å²) in [6, 6.07) is 5.26. The van der Waals surface area contributed by atoms with Gasteiger partial charge in [-0.15, -0.1) is 0 Å². The van der Waals surface area contributed by atoms with Crippen LogP contribution in [0.2, 0.25) is 0 Å². The van der Waals surface area contributed by atoms with Gasteiger partial charge in [0, 0.05) is 31.9 Å². The summed E-state index contributed by atoms with van der Waals surface area (Å²) in [5.74, 6) is 0.474. The van der Waals surface area contributed by atoms with Crippen molar-refractivity contribution < 1.29 is 9.13 Å². The molecule has 3 nitrogen and oxygen atoms in total. The molecule has 0 spiro atoms. The van der Waals surface area contributed by atoms with Crippen LogP contribution >= 0.6 is 0 Å². The van der Waals surface area contributed by atoms with E-state index < -0.39 is 0 Å². The number of hydrogen-bond donors (Lipinski definition) is 1. The van der Waals surface area contributed by atoms with Crippen LogP contribution in [0.1, 0.15) is 30.0 Å². The highest BCUT2D eigenvalue weighted by molar-refractivity contribution is 5.27. The Balaban J connectivity index is 2.07. The quantitative estimate of drug-likeness (QED) is 0.900. The lowest BCUT2D eigenvalue weighted by Gasteiger charge is -2.37. The van der Waals surface area contributed by atoms with Crippen molar-refractivity contribution in [3.05, 3.63) is 35.1 Å². The Hall–Kier alpha value is -0.970. The molecule has 4 heteroatoms. The molecule has 0 saturated carbocycles. The molecule has 1 unspecified atom stereocenters. The standard InChI is InChI=1S/C16H25FN2O/c1-12-3-4-15(17)14(9-12)16(10-18)19-7-5-13(6-8-19)11-20-2/h3-4,9,13,16H,5-8,10-11,18H2,1-2H3. The monoisotopic (exact) mass is 280 g/mol. The minimum absolute atomic E-state index is 0.0154. The number of piperidine rings is 1. The van der Waals surface area contributed by atoms with E-state index in [9.17, 15) is 4.39 Å². The van der Waals surface area contributed by atoms with Gasteiger partial charge in [-0.1, -0.05) is 17.7 Å². The zero-order valence-corrected chi connectivity index (χ0v) is 12.4. The molecule has 1 aromatic rings. The molecule has 1 atom stereocenters. The van der Waals surface area contributed by atoms with Crippen LogP contribution in [-0.4, -0.2) is 38.3 Å². The number of rotatable bonds is 5. The number of aryl methyl sites for hydroxylation is 1. The van der Waals surface area contributed by atoms with Gasteiger partial charge in [-0.25, -0.2) is 4.39 Å². The van der Waals surface area contributed by atoms with E-state index in [0.717, 1.165) is 43.7 Å². The number of nitrogens with two attached hydrogens (primary N) is 1. The normalized spacial score (nSPS) is 19.2. The third-order valence-electron chi connectivity index (χ3n) is 4.23. The van der Waals surface area contributed by atoms with Crippen molar-refractivity contribution in [2.75, 3.05) is 33.4 Å². The summed E-state index contributed by atoms with van der Waals surface area (Å²) in [6.45, 7) is 5.18. The predicted molar refractivity (Wildman–Crippen MR) is 79.1 cm³/mol. The number of hydrogen-bond acceptors (Lipinski definition) is 3. The maximum Gasteiger partial charge on any atom is 0.128 e. The van der Waals surface area contributed by atoms with E-state index in [1.165, 1.54) is 0 Å². The fourth-order valence-corrected chi connectivity index (χ4v) is 3.06. The van der Waals surface area contributed by atoms with Crippen molar-refractivity contribution in [2.45, 2.75) is 25.8 Å². The topological polar surface area (TPSA) is 38.5 Å². The predicted octanol–water partition coefficient (Wildman–Crippen LogP) is 2.49. The van der Waals surface area contributed by atoms with Gasteiger partial charge in [-0.05, 0) is 44.8 Å². The Morgan fingerprint density at radius 2 is 2.10 bits per heavy atom. The van der Waals surface area contributed by atoms with Crippen LogP contribution in [-0.2, 0) is 4.74 Å². The smallest absolute Gasteiger partial charge is 0.128 e. The minimum Gasteiger partial charge on any atom is -0.384 e. The van der Waals surface area contributed by atoms with Crippen molar-refractivity contribution in [1.82, 2.24) is 4.90 Å². The molecule has 1 heterocycles. The van der Waals surface area contributed by atoms with Crippen molar-refractivity contribution in [1.29, 1.82) is 0 Å². The Kier molecular flexibility index (Phi) is 5.52. The summed E-state index contributed by atoms with van der Waals surface area (Å²) >= 11 is 0. The van der Waals surface area contributed by atoms with E-state index in [0.29, 0.717) is 12.5 Å². The van der Waals surface area contributed by atoms with Crippen LogP contribution in [0.15, 0.2) is 18.2 Å². The number of halogens is 1. The molecule has 0 aromatic heterocycles. The molecule has 1 aromatic carbocycles. The molecule has 0 bridgehead atoms. The first-order valence-electron chi connectivity index (χ1n) is 7.34. The SMILES string of the molecule is COCC1CCN(C(CN)c2cc(C)ccc2F)CC1. The van der Waals surface area contributed by atoms with E-state index in [-0.39, 0.29) is 11.9 Å². The zero-order chi connectivity index (χ0) is 14.5. The average molecular weight is 280 g/mol. The summed E-state index contributed by atoms with van der Waals surface area (Å²) in [7, 11) is 1.75. The number of ether oxygens (including phenoxy) is 1. The highest BCUT2D eigenvalue weighted by Crippen LogP contribution is 2.28. The van der Waals surface area contributed by atoms with E-state index in [2.05, 4.69) is 4.90 Å². The number of methoxy groups -OCH3 is 1. The zero-order valence-electron chi connectivity index (χ0n) is 12.4. The molecular formula is C16H25FN2O. The molecule has 20 heavy (non-hydrogen) atoms. The Labute approximate surface area is 120 Å². The highest BCUT2D eigenvalue weighted by atomic mass is 19.1. The lowest BCUT2D eigenvalue weighted by atomic mass is 9.94. The van der Waals surface area contributed by atoms with Crippen LogP contribution in [0.25, 0.3) is 0 Å². The third kappa shape index (κ3) is 3.57. The Bertz CT molecular complexity index is 430. The second kappa shape index (κ2) is 7.16. The van der Waals surface area contributed by atoms with Crippen molar-refractivity contribution in [2.24, 2.45) is 11.7 Å². The molecule has 1 aliphatic heterocycles. The number of likely N-dealkylation sites (tertiary alicyclic amines) is 1. The van der Waals surface area contributed by atoms with Crippen LogP contribution in [0, 0.1) is 18.7 Å². The first kappa shape index (κ1) is 15.4. The largest absolute Gasteiger partial charge is 0.384 e. The third-order valence-corrected chi connectivity index (χ3v) is 4.23. The molecule has 1 aliphatic rings. The van der Waals surface area contributed by atoms with Gasteiger partial charge in [0.05, 0.1) is 0 Å². The summed E-state index contributed by atoms with van der Waals surface area (Å²) < 4.78 is 19.3. The molecule has 0 aliphatic carbocycles.